The van der Waals surface area contributed by atoms with E-state index in [9.17, 15) is 14.9 Å². The van der Waals surface area contributed by atoms with Gasteiger partial charge in [0.25, 0.3) is 11.6 Å². The zero-order valence-corrected chi connectivity index (χ0v) is 13.3. The van der Waals surface area contributed by atoms with Crippen molar-refractivity contribution in [3.8, 4) is 0 Å². The number of amides is 1. The number of hydrogen-bond donors (Lipinski definition) is 0. The number of para-hydroxylation sites is 1. The molecule has 0 aromatic heterocycles. The first-order valence-electron chi connectivity index (χ1n) is 6.67. The molecule has 0 atom stereocenters. The highest BCUT2D eigenvalue weighted by atomic mass is 79.9. The fourth-order valence-corrected chi connectivity index (χ4v) is 2.62. The molecule has 0 saturated carbocycles. The summed E-state index contributed by atoms with van der Waals surface area (Å²) in [5, 5.41) is 11.7. The van der Waals surface area contributed by atoms with Crippen molar-refractivity contribution in [1.29, 1.82) is 0 Å². The summed E-state index contributed by atoms with van der Waals surface area (Å²) in [5.41, 5.74) is 0.0216. The molecule has 110 valence electrons. The Morgan fingerprint density at radius 3 is 2.45 bits per heavy atom. The van der Waals surface area contributed by atoms with Gasteiger partial charge >= 0.3 is 0 Å². The second-order valence-electron chi connectivity index (χ2n) is 4.43. The molecule has 0 saturated heterocycles. The second-order valence-corrected chi connectivity index (χ2v) is 5.23. The molecule has 0 aliphatic heterocycles. The summed E-state index contributed by atoms with van der Waals surface area (Å²) in [7, 11) is 0. The number of hydrogen-bond acceptors (Lipinski definition) is 3. The predicted octanol–water partition coefficient (Wildman–Crippen LogP) is 3.62. The third kappa shape index (κ3) is 3.79. The normalized spacial score (nSPS) is 10.6. The number of nitrogens with zero attached hydrogens (tertiary/aromatic N) is 2. The van der Waals surface area contributed by atoms with Crippen LogP contribution in [0, 0.1) is 10.1 Å². The lowest BCUT2D eigenvalue weighted by Gasteiger charge is -2.30. The quantitative estimate of drug-likeness (QED) is 0.431. The molecule has 0 N–H and O–H groups in total. The van der Waals surface area contributed by atoms with Gasteiger partial charge in [0, 0.05) is 24.0 Å². The van der Waals surface area contributed by atoms with E-state index in [2.05, 4.69) is 15.9 Å². The fourth-order valence-electron chi connectivity index (χ4n) is 2.24. The summed E-state index contributed by atoms with van der Waals surface area (Å²) < 4.78 is 0. The number of nitro groups is 1. The van der Waals surface area contributed by atoms with Crippen LogP contribution in [0.4, 0.5) is 5.69 Å². The number of halogens is 1. The third-order valence-electron chi connectivity index (χ3n) is 3.30. The zero-order chi connectivity index (χ0) is 15.1. The monoisotopic (exact) mass is 342 g/mol. The standard InChI is InChI=1S/C14H19BrN2O3/c1-3-11(4-2)16(10-9-15)14(18)12-7-5-6-8-13(12)17(19)20/h5-8,11H,3-4,9-10H2,1-2H3. The molecule has 0 radical (unpaired) electrons. The van der Waals surface area contributed by atoms with Gasteiger partial charge in [0.1, 0.15) is 5.56 Å². The largest absolute Gasteiger partial charge is 0.335 e. The van der Waals surface area contributed by atoms with Crippen molar-refractivity contribution in [2.24, 2.45) is 0 Å². The molecule has 1 rings (SSSR count). The number of nitro benzene ring substituents is 1. The van der Waals surface area contributed by atoms with Gasteiger partial charge in [0.2, 0.25) is 0 Å². The maximum atomic E-state index is 12.6. The lowest BCUT2D eigenvalue weighted by atomic mass is 10.1. The SMILES string of the molecule is CCC(CC)N(CCBr)C(=O)c1ccccc1[N+](=O)[O-]. The van der Waals surface area contributed by atoms with E-state index in [1.54, 1.807) is 17.0 Å². The number of carbonyl (C=O) groups is 1. The average molecular weight is 343 g/mol. The van der Waals surface area contributed by atoms with Crippen molar-refractivity contribution in [3.05, 3.63) is 39.9 Å². The van der Waals surface area contributed by atoms with Gasteiger partial charge in [-0.25, -0.2) is 0 Å². The molecule has 1 aromatic carbocycles. The predicted molar refractivity (Wildman–Crippen MR) is 82.3 cm³/mol. The molecule has 0 aliphatic carbocycles. The average Bonchev–Trinajstić information content (AvgIpc) is 2.46. The van der Waals surface area contributed by atoms with Crippen LogP contribution in [-0.2, 0) is 0 Å². The van der Waals surface area contributed by atoms with E-state index in [0.717, 1.165) is 12.8 Å². The van der Waals surface area contributed by atoms with E-state index in [0.29, 0.717) is 11.9 Å². The molecule has 5 nitrogen and oxygen atoms in total. The molecule has 6 heteroatoms. The smallest absolute Gasteiger partial charge is 0.282 e. The number of carbonyl (C=O) groups excluding carboxylic acids is 1. The van der Waals surface area contributed by atoms with Crippen molar-refractivity contribution >= 4 is 27.5 Å². The van der Waals surface area contributed by atoms with Crippen LogP contribution in [0.25, 0.3) is 0 Å². The van der Waals surface area contributed by atoms with Crippen molar-refractivity contribution in [2.75, 3.05) is 11.9 Å². The van der Waals surface area contributed by atoms with Crippen molar-refractivity contribution in [3.63, 3.8) is 0 Å². The van der Waals surface area contributed by atoms with E-state index in [-0.39, 0.29) is 23.2 Å². The number of benzene rings is 1. The Balaban J connectivity index is 3.15. The van der Waals surface area contributed by atoms with Crippen LogP contribution in [-0.4, -0.2) is 33.6 Å². The first kappa shape index (κ1) is 16.6. The van der Waals surface area contributed by atoms with Gasteiger partial charge in [0.15, 0.2) is 0 Å². The summed E-state index contributed by atoms with van der Waals surface area (Å²) >= 11 is 3.34. The molecule has 0 unspecified atom stereocenters. The Labute approximate surface area is 127 Å². The summed E-state index contributed by atoms with van der Waals surface area (Å²) in [6, 6.07) is 6.21. The summed E-state index contributed by atoms with van der Waals surface area (Å²) in [5.74, 6) is -0.273. The maximum Gasteiger partial charge on any atom is 0.282 e. The van der Waals surface area contributed by atoms with E-state index >= 15 is 0 Å². The molecule has 1 aromatic rings. The Morgan fingerprint density at radius 2 is 1.95 bits per heavy atom. The summed E-state index contributed by atoms with van der Waals surface area (Å²) in [4.78, 5) is 24.9. The number of rotatable bonds is 7. The van der Waals surface area contributed by atoms with Crippen LogP contribution < -0.4 is 0 Å². The Kier molecular flexibility index (Phi) is 6.64. The van der Waals surface area contributed by atoms with Gasteiger partial charge in [-0.2, -0.15) is 0 Å². The minimum atomic E-state index is -0.507. The lowest BCUT2D eigenvalue weighted by Crippen LogP contribution is -2.41. The molecule has 0 bridgehead atoms. The molecule has 1 amide bonds. The van der Waals surface area contributed by atoms with E-state index in [1.165, 1.54) is 12.1 Å². The highest BCUT2D eigenvalue weighted by Crippen LogP contribution is 2.22. The van der Waals surface area contributed by atoms with E-state index < -0.39 is 4.92 Å². The highest BCUT2D eigenvalue weighted by molar-refractivity contribution is 9.09. The van der Waals surface area contributed by atoms with Gasteiger partial charge in [-0.1, -0.05) is 41.9 Å². The van der Waals surface area contributed by atoms with Gasteiger partial charge < -0.3 is 4.90 Å². The summed E-state index contributed by atoms with van der Waals surface area (Å²) in [6.45, 7) is 4.57. The minimum absolute atomic E-state index is 0.0971. The van der Waals surface area contributed by atoms with Gasteiger partial charge in [0.05, 0.1) is 4.92 Å². The van der Waals surface area contributed by atoms with Gasteiger partial charge in [-0.3, -0.25) is 14.9 Å². The van der Waals surface area contributed by atoms with E-state index in [1.807, 2.05) is 13.8 Å². The second kappa shape index (κ2) is 7.99. The molecule has 0 heterocycles. The van der Waals surface area contributed by atoms with Crippen LogP contribution in [0.1, 0.15) is 37.0 Å². The Bertz CT molecular complexity index is 475. The zero-order valence-electron chi connectivity index (χ0n) is 11.7. The maximum absolute atomic E-state index is 12.6. The third-order valence-corrected chi connectivity index (χ3v) is 3.66. The van der Waals surface area contributed by atoms with Crippen LogP contribution in [0.3, 0.4) is 0 Å². The van der Waals surface area contributed by atoms with Gasteiger partial charge in [-0.15, -0.1) is 0 Å². The molecule has 0 fully saturated rings. The minimum Gasteiger partial charge on any atom is -0.335 e. The molecular formula is C14H19BrN2O3. The lowest BCUT2D eigenvalue weighted by molar-refractivity contribution is -0.385. The Hall–Kier alpha value is -1.43. The van der Waals surface area contributed by atoms with Gasteiger partial charge in [-0.05, 0) is 18.9 Å². The molecule has 20 heavy (non-hydrogen) atoms. The number of alkyl halides is 1. The first-order valence-corrected chi connectivity index (χ1v) is 7.79. The molecular weight excluding hydrogens is 324 g/mol. The van der Waals surface area contributed by atoms with Crippen molar-refractivity contribution in [1.82, 2.24) is 4.90 Å². The van der Waals surface area contributed by atoms with Crippen LogP contribution in [0.5, 0.6) is 0 Å². The van der Waals surface area contributed by atoms with Crippen LogP contribution in [0.2, 0.25) is 0 Å². The van der Waals surface area contributed by atoms with Crippen LogP contribution in [0.15, 0.2) is 24.3 Å². The van der Waals surface area contributed by atoms with Crippen molar-refractivity contribution in [2.45, 2.75) is 32.7 Å². The first-order chi connectivity index (χ1) is 9.56. The topological polar surface area (TPSA) is 63.5 Å². The molecule has 0 aliphatic rings. The molecule has 0 spiro atoms. The Morgan fingerprint density at radius 1 is 1.35 bits per heavy atom. The summed E-state index contributed by atoms with van der Waals surface area (Å²) in [6.07, 6.45) is 1.66. The van der Waals surface area contributed by atoms with Crippen molar-refractivity contribution < 1.29 is 9.72 Å². The van der Waals surface area contributed by atoms with E-state index in [4.69, 9.17) is 0 Å². The fraction of sp³-hybridized carbons (Fsp3) is 0.500. The van der Waals surface area contributed by atoms with Crippen LogP contribution >= 0.6 is 15.9 Å². The highest BCUT2D eigenvalue weighted by Gasteiger charge is 2.27.